The van der Waals surface area contributed by atoms with Gasteiger partial charge in [0.05, 0.1) is 9.49 Å². The molecule has 198 valence electrons. The zero-order valence-electron chi connectivity index (χ0n) is 20.9. The highest BCUT2D eigenvalue weighted by atomic mass is 32.2. The van der Waals surface area contributed by atoms with Crippen LogP contribution in [0, 0.1) is 0 Å². The number of rotatable bonds is 3. The van der Waals surface area contributed by atoms with Crippen LogP contribution in [0.5, 0.6) is 0 Å². The standard InChI is InChI=1S/C29H23F6NS2/c1-25-20(14-21(38-25)17-8-6-5-7-9-17)23-24(28(32,33)29(34,35)27(23,30)31)22-19(15-37-26(22,25)2)16-10-12-18(13-11-16)36(3)4/h5-15H,1-4H3. The summed E-state index contributed by atoms with van der Waals surface area (Å²) < 4.78 is 90.0. The van der Waals surface area contributed by atoms with E-state index >= 15 is 26.3 Å². The first-order chi connectivity index (χ1) is 17.7. The molecule has 2 aliphatic carbocycles. The molecule has 2 aliphatic heterocycles. The van der Waals surface area contributed by atoms with Gasteiger partial charge in [0.15, 0.2) is 0 Å². The molecule has 1 fully saturated rings. The Morgan fingerprint density at radius 1 is 0.684 bits per heavy atom. The molecule has 2 unspecified atom stereocenters. The Morgan fingerprint density at radius 2 is 1.29 bits per heavy atom. The van der Waals surface area contributed by atoms with Crippen molar-refractivity contribution in [3.8, 4) is 0 Å². The first-order valence-corrected chi connectivity index (χ1v) is 13.6. The van der Waals surface area contributed by atoms with E-state index in [2.05, 4.69) is 0 Å². The molecule has 0 amide bonds. The lowest BCUT2D eigenvalue weighted by atomic mass is 9.69. The molecule has 0 radical (unpaired) electrons. The number of halogens is 6. The average molecular weight is 564 g/mol. The smallest absolute Gasteiger partial charge is 0.378 e. The van der Waals surface area contributed by atoms with Crippen molar-refractivity contribution in [2.45, 2.75) is 41.1 Å². The quantitative estimate of drug-likeness (QED) is 0.344. The molecule has 2 aromatic carbocycles. The van der Waals surface area contributed by atoms with Gasteiger partial charge in [-0.3, -0.25) is 0 Å². The van der Waals surface area contributed by atoms with Crippen molar-refractivity contribution < 1.29 is 26.3 Å². The van der Waals surface area contributed by atoms with Gasteiger partial charge in [-0.15, -0.1) is 23.5 Å². The van der Waals surface area contributed by atoms with Gasteiger partial charge in [0.25, 0.3) is 0 Å². The molecule has 2 aromatic rings. The van der Waals surface area contributed by atoms with Gasteiger partial charge in [0.2, 0.25) is 0 Å². The van der Waals surface area contributed by atoms with E-state index in [1.807, 2.05) is 19.0 Å². The van der Waals surface area contributed by atoms with Crippen LogP contribution in [-0.4, -0.2) is 41.4 Å². The zero-order chi connectivity index (χ0) is 27.5. The molecule has 6 rings (SSSR count). The van der Waals surface area contributed by atoms with Crippen LogP contribution in [0.2, 0.25) is 0 Å². The summed E-state index contributed by atoms with van der Waals surface area (Å²) in [6.07, 6.45) is 1.41. The van der Waals surface area contributed by atoms with Crippen LogP contribution in [0.25, 0.3) is 10.5 Å². The number of fused-ring (bicyclic) bond motifs is 4. The average Bonchev–Trinajstić information content (AvgIpc) is 3.44. The Bertz CT molecular complexity index is 1490. The lowest BCUT2D eigenvalue weighted by Gasteiger charge is -2.47. The number of benzene rings is 2. The van der Waals surface area contributed by atoms with E-state index in [1.54, 1.807) is 73.9 Å². The molecule has 4 aliphatic rings. The molecule has 2 heterocycles. The van der Waals surface area contributed by atoms with Gasteiger partial charge in [-0.1, -0.05) is 42.5 Å². The number of alkyl halides is 6. The highest BCUT2D eigenvalue weighted by Crippen LogP contribution is 2.75. The molecule has 0 aromatic heterocycles. The zero-order valence-corrected chi connectivity index (χ0v) is 22.5. The van der Waals surface area contributed by atoms with Crippen molar-refractivity contribution in [2.24, 2.45) is 0 Å². The molecule has 1 nitrogen and oxygen atoms in total. The minimum Gasteiger partial charge on any atom is -0.378 e. The van der Waals surface area contributed by atoms with E-state index in [-0.39, 0.29) is 16.7 Å². The van der Waals surface area contributed by atoms with Crippen LogP contribution in [0.15, 0.2) is 88.4 Å². The minimum absolute atomic E-state index is 0.140. The Hall–Kier alpha value is -2.52. The first kappa shape index (κ1) is 25.7. The van der Waals surface area contributed by atoms with Gasteiger partial charge in [0.1, 0.15) is 0 Å². The predicted octanol–water partition coefficient (Wildman–Crippen LogP) is 8.67. The Balaban J connectivity index is 1.66. The third-order valence-corrected chi connectivity index (χ3v) is 11.3. The topological polar surface area (TPSA) is 3.24 Å². The van der Waals surface area contributed by atoms with Crippen molar-refractivity contribution in [2.75, 3.05) is 19.0 Å². The fourth-order valence-corrected chi connectivity index (χ4v) is 8.80. The maximum Gasteiger partial charge on any atom is 0.380 e. The van der Waals surface area contributed by atoms with E-state index in [0.29, 0.717) is 16.0 Å². The van der Waals surface area contributed by atoms with Crippen LogP contribution < -0.4 is 4.90 Å². The molecule has 0 saturated heterocycles. The maximum atomic E-state index is 15.6. The fraction of sp³-hybridized carbons (Fsp3) is 0.310. The maximum absolute atomic E-state index is 15.6. The lowest BCUT2D eigenvalue weighted by molar-refractivity contribution is -0.258. The Morgan fingerprint density at radius 3 is 1.89 bits per heavy atom. The van der Waals surface area contributed by atoms with Crippen molar-refractivity contribution in [3.63, 3.8) is 0 Å². The summed E-state index contributed by atoms with van der Waals surface area (Å²) in [5, 5.41) is 1.66. The van der Waals surface area contributed by atoms with Crippen LogP contribution in [0.1, 0.15) is 25.0 Å². The summed E-state index contributed by atoms with van der Waals surface area (Å²) in [6, 6.07) is 15.9. The number of anilines is 1. The fourth-order valence-electron chi connectivity index (χ4n) is 5.82. The summed E-state index contributed by atoms with van der Waals surface area (Å²) in [7, 11) is 3.69. The van der Waals surface area contributed by atoms with Crippen LogP contribution >= 0.6 is 23.5 Å². The predicted molar refractivity (Wildman–Crippen MR) is 144 cm³/mol. The summed E-state index contributed by atoms with van der Waals surface area (Å²) in [6.45, 7) is 3.40. The van der Waals surface area contributed by atoms with Crippen LogP contribution in [-0.2, 0) is 0 Å². The number of hydrogen-bond donors (Lipinski definition) is 0. The van der Waals surface area contributed by atoms with Gasteiger partial charge in [-0.05, 0) is 65.3 Å². The number of hydrogen-bond acceptors (Lipinski definition) is 3. The van der Waals surface area contributed by atoms with Gasteiger partial charge in [-0.2, -0.15) is 26.3 Å². The molecule has 0 bridgehead atoms. The number of allylic oxidation sites excluding steroid dienone is 4. The van der Waals surface area contributed by atoms with E-state index in [1.165, 1.54) is 29.6 Å². The van der Waals surface area contributed by atoms with Crippen LogP contribution in [0.3, 0.4) is 0 Å². The Labute approximate surface area is 225 Å². The minimum atomic E-state index is -5.57. The first-order valence-electron chi connectivity index (χ1n) is 11.9. The highest BCUT2D eigenvalue weighted by molar-refractivity contribution is 8.12. The molecular formula is C29H23F6NS2. The molecule has 38 heavy (non-hydrogen) atoms. The molecular weight excluding hydrogens is 540 g/mol. The van der Waals surface area contributed by atoms with E-state index in [0.717, 1.165) is 5.69 Å². The monoisotopic (exact) mass is 563 g/mol. The van der Waals surface area contributed by atoms with E-state index < -0.39 is 38.4 Å². The third-order valence-electron chi connectivity index (χ3n) is 8.11. The second-order valence-corrected chi connectivity index (χ2v) is 13.1. The molecule has 9 heteroatoms. The largest absolute Gasteiger partial charge is 0.380 e. The number of nitrogens with zero attached hydrogens (tertiary/aromatic N) is 1. The third kappa shape index (κ3) is 2.95. The molecule has 0 N–H and O–H groups in total. The van der Waals surface area contributed by atoms with Gasteiger partial charge < -0.3 is 4.90 Å². The summed E-state index contributed by atoms with van der Waals surface area (Å²) in [5.74, 6) is -15.7. The van der Waals surface area contributed by atoms with Crippen molar-refractivity contribution in [3.05, 3.63) is 99.5 Å². The SMILES string of the molecule is CN(C)c1ccc(C2=CSC3(C)C2=C2C(=C4C=C(c5ccccc5)SC43C)C(F)(F)C(F)(F)C2(F)F)cc1. The molecule has 1 saturated carbocycles. The lowest BCUT2D eigenvalue weighted by Crippen LogP contribution is -2.49. The second kappa shape index (κ2) is 7.78. The van der Waals surface area contributed by atoms with Crippen molar-refractivity contribution in [1.29, 1.82) is 0 Å². The number of thioether (sulfide) groups is 2. The summed E-state index contributed by atoms with van der Waals surface area (Å²) >= 11 is 2.49. The highest BCUT2D eigenvalue weighted by Gasteiger charge is 2.84. The van der Waals surface area contributed by atoms with E-state index in [4.69, 9.17) is 0 Å². The normalized spacial score (nSPS) is 30.1. The van der Waals surface area contributed by atoms with Gasteiger partial charge in [0, 0.05) is 35.8 Å². The molecule has 0 spiro atoms. The van der Waals surface area contributed by atoms with Crippen molar-refractivity contribution in [1.82, 2.24) is 0 Å². The van der Waals surface area contributed by atoms with Gasteiger partial charge >= 0.3 is 17.8 Å². The van der Waals surface area contributed by atoms with Gasteiger partial charge in [-0.25, -0.2) is 0 Å². The summed E-state index contributed by atoms with van der Waals surface area (Å²) in [4.78, 5) is 2.44. The second-order valence-electron chi connectivity index (χ2n) is 10.4. The summed E-state index contributed by atoms with van der Waals surface area (Å²) in [5.41, 5.74) is -0.421. The van der Waals surface area contributed by atoms with Crippen molar-refractivity contribution >= 4 is 39.7 Å². The van der Waals surface area contributed by atoms with Crippen LogP contribution in [0.4, 0.5) is 32.0 Å². The Kier molecular flexibility index (Phi) is 5.27. The van der Waals surface area contributed by atoms with E-state index in [9.17, 15) is 0 Å². The molecule has 2 atom stereocenters.